The Balaban J connectivity index is 2.30. The van der Waals surface area contributed by atoms with Crippen molar-refractivity contribution in [2.24, 2.45) is 0 Å². The summed E-state index contributed by atoms with van der Waals surface area (Å²) < 4.78 is 17.8. The summed E-state index contributed by atoms with van der Waals surface area (Å²) in [7, 11) is 3.78. The van der Waals surface area contributed by atoms with Crippen LogP contribution in [0.15, 0.2) is 24.3 Å². The van der Waals surface area contributed by atoms with Crippen molar-refractivity contribution >= 4 is 0 Å². The molecule has 0 spiro atoms. The highest BCUT2D eigenvalue weighted by atomic mass is 19.1. The average molecular weight is 254 g/mol. The molecule has 0 heterocycles. The molecular formula is C14H23FN2O. The minimum atomic E-state index is -0.185. The van der Waals surface area contributed by atoms with E-state index < -0.39 is 0 Å². The Bertz CT molecular complexity index is 329. The van der Waals surface area contributed by atoms with E-state index in [0.717, 1.165) is 31.8 Å². The molecule has 102 valence electrons. The van der Waals surface area contributed by atoms with Crippen LogP contribution >= 0.6 is 0 Å². The smallest absolute Gasteiger partial charge is 0.123 e. The summed E-state index contributed by atoms with van der Waals surface area (Å²) in [4.78, 5) is 2.24. The first-order valence-corrected chi connectivity index (χ1v) is 6.28. The number of rotatable bonds is 8. The molecule has 0 aliphatic rings. The van der Waals surface area contributed by atoms with E-state index in [-0.39, 0.29) is 5.82 Å². The van der Waals surface area contributed by atoms with Crippen LogP contribution < -0.4 is 5.32 Å². The maximum absolute atomic E-state index is 12.8. The van der Waals surface area contributed by atoms with Crippen LogP contribution in [-0.2, 0) is 11.3 Å². The van der Waals surface area contributed by atoms with Gasteiger partial charge in [0.15, 0.2) is 0 Å². The fraction of sp³-hybridized carbons (Fsp3) is 0.571. The first-order chi connectivity index (χ1) is 8.63. The van der Waals surface area contributed by atoms with Crippen molar-refractivity contribution in [3.63, 3.8) is 0 Å². The number of hydrogen-bond acceptors (Lipinski definition) is 3. The highest BCUT2D eigenvalue weighted by molar-refractivity contribution is 5.15. The SMILES string of the molecule is COCCNCC(C)N(C)Cc1ccc(F)cc1. The maximum Gasteiger partial charge on any atom is 0.123 e. The van der Waals surface area contributed by atoms with Crippen LogP contribution in [-0.4, -0.2) is 44.8 Å². The normalized spacial score (nSPS) is 12.9. The Morgan fingerprint density at radius 3 is 2.61 bits per heavy atom. The summed E-state index contributed by atoms with van der Waals surface area (Å²) in [6, 6.07) is 7.09. The summed E-state index contributed by atoms with van der Waals surface area (Å²) in [5, 5.41) is 3.34. The van der Waals surface area contributed by atoms with Crippen molar-refractivity contribution in [3.05, 3.63) is 35.6 Å². The van der Waals surface area contributed by atoms with E-state index in [9.17, 15) is 4.39 Å². The number of methoxy groups -OCH3 is 1. The first kappa shape index (κ1) is 15.1. The van der Waals surface area contributed by atoms with E-state index in [1.807, 2.05) is 12.1 Å². The first-order valence-electron chi connectivity index (χ1n) is 6.28. The van der Waals surface area contributed by atoms with Crippen LogP contribution in [0.5, 0.6) is 0 Å². The zero-order valence-corrected chi connectivity index (χ0v) is 11.4. The minimum absolute atomic E-state index is 0.185. The highest BCUT2D eigenvalue weighted by Gasteiger charge is 2.09. The van der Waals surface area contributed by atoms with E-state index in [1.54, 1.807) is 7.11 Å². The van der Waals surface area contributed by atoms with Gasteiger partial charge in [-0.3, -0.25) is 4.90 Å². The Kier molecular flexibility index (Phi) is 6.86. The van der Waals surface area contributed by atoms with E-state index in [2.05, 4.69) is 24.2 Å². The maximum atomic E-state index is 12.8. The minimum Gasteiger partial charge on any atom is -0.383 e. The molecule has 0 aliphatic carbocycles. The van der Waals surface area contributed by atoms with E-state index in [1.165, 1.54) is 12.1 Å². The second kappa shape index (κ2) is 8.19. The largest absolute Gasteiger partial charge is 0.383 e. The molecule has 18 heavy (non-hydrogen) atoms. The van der Waals surface area contributed by atoms with Crippen molar-refractivity contribution in [2.45, 2.75) is 19.5 Å². The summed E-state index contributed by atoms with van der Waals surface area (Å²) in [6.45, 7) is 5.51. The second-order valence-corrected chi connectivity index (χ2v) is 4.59. The van der Waals surface area contributed by atoms with Crippen LogP contribution in [0.25, 0.3) is 0 Å². The van der Waals surface area contributed by atoms with E-state index >= 15 is 0 Å². The molecule has 1 atom stereocenters. The van der Waals surface area contributed by atoms with Crippen molar-refractivity contribution in [3.8, 4) is 0 Å². The lowest BCUT2D eigenvalue weighted by Crippen LogP contribution is -2.38. The number of likely N-dealkylation sites (N-methyl/N-ethyl adjacent to an activating group) is 1. The number of nitrogens with one attached hydrogen (secondary N) is 1. The van der Waals surface area contributed by atoms with Crippen LogP contribution in [0.4, 0.5) is 4.39 Å². The van der Waals surface area contributed by atoms with Crippen LogP contribution in [0.2, 0.25) is 0 Å². The van der Waals surface area contributed by atoms with Gasteiger partial charge in [0, 0.05) is 32.8 Å². The second-order valence-electron chi connectivity index (χ2n) is 4.59. The molecule has 0 amide bonds. The molecule has 4 heteroatoms. The molecule has 0 aromatic heterocycles. The van der Waals surface area contributed by atoms with Crippen LogP contribution in [0.1, 0.15) is 12.5 Å². The molecule has 0 bridgehead atoms. The lowest BCUT2D eigenvalue weighted by molar-refractivity contribution is 0.191. The third kappa shape index (κ3) is 5.58. The average Bonchev–Trinajstić information content (AvgIpc) is 2.37. The lowest BCUT2D eigenvalue weighted by Gasteiger charge is -2.25. The van der Waals surface area contributed by atoms with Gasteiger partial charge >= 0.3 is 0 Å². The Morgan fingerprint density at radius 1 is 1.33 bits per heavy atom. The number of benzene rings is 1. The van der Waals surface area contributed by atoms with Gasteiger partial charge in [-0.25, -0.2) is 4.39 Å². The van der Waals surface area contributed by atoms with Gasteiger partial charge in [-0.2, -0.15) is 0 Å². The zero-order chi connectivity index (χ0) is 13.4. The van der Waals surface area contributed by atoms with Gasteiger partial charge in [-0.1, -0.05) is 12.1 Å². The number of ether oxygens (including phenoxy) is 1. The standard InChI is InChI=1S/C14H23FN2O/c1-12(10-16-8-9-18-3)17(2)11-13-4-6-14(15)7-5-13/h4-7,12,16H,8-11H2,1-3H3. The third-order valence-electron chi connectivity index (χ3n) is 3.02. The molecule has 3 nitrogen and oxygen atoms in total. The van der Waals surface area contributed by atoms with Crippen molar-refractivity contribution in [1.82, 2.24) is 10.2 Å². The van der Waals surface area contributed by atoms with Crippen molar-refractivity contribution in [2.75, 3.05) is 33.9 Å². The van der Waals surface area contributed by atoms with Gasteiger partial charge in [0.1, 0.15) is 5.82 Å². The van der Waals surface area contributed by atoms with E-state index in [0.29, 0.717) is 6.04 Å². The Labute approximate surface area is 109 Å². The molecule has 0 radical (unpaired) electrons. The van der Waals surface area contributed by atoms with Gasteiger partial charge in [-0.15, -0.1) is 0 Å². The number of hydrogen-bond donors (Lipinski definition) is 1. The van der Waals surface area contributed by atoms with Crippen LogP contribution in [0.3, 0.4) is 0 Å². The third-order valence-corrected chi connectivity index (χ3v) is 3.02. The topological polar surface area (TPSA) is 24.5 Å². The zero-order valence-electron chi connectivity index (χ0n) is 11.4. The molecule has 1 unspecified atom stereocenters. The van der Waals surface area contributed by atoms with Gasteiger partial charge in [-0.05, 0) is 31.7 Å². The fourth-order valence-corrected chi connectivity index (χ4v) is 1.67. The quantitative estimate of drug-likeness (QED) is 0.717. The summed E-state index contributed by atoms with van der Waals surface area (Å²) >= 11 is 0. The molecular weight excluding hydrogens is 231 g/mol. The Morgan fingerprint density at radius 2 is 2.00 bits per heavy atom. The van der Waals surface area contributed by atoms with Gasteiger partial charge in [0.25, 0.3) is 0 Å². The highest BCUT2D eigenvalue weighted by Crippen LogP contribution is 2.07. The van der Waals surface area contributed by atoms with Crippen LogP contribution in [0, 0.1) is 5.82 Å². The Hall–Kier alpha value is -0.970. The number of halogens is 1. The predicted molar refractivity (Wildman–Crippen MR) is 72.1 cm³/mol. The molecule has 0 fully saturated rings. The molecule has 0 aliphatic heterocycles. The van der Waals surface area contributed by atoms with E-state index in [4.69, 9.17) is 4.74 Å². The summed E-state index contributed by atoms with van der Waals surface area (Å²) in [5.74, 6) is -0.185. The molecule has 1 rings (SSSR count). The van der Waals surface area contributed by atoms with Crippen molar-refractivity contribution < 1.29 is 9.13 Å². The number of nitrogens with zero attached hydrogens (tertiary/aromatic N) is 1. The lowest BCUT2D eigenvalue weighted by atomic mass is 10.2. The van der Waals surface area contributed by atoms with Gasteiger partial charge in [0.05, 0.1) is 6.61 Å². The molecule has 0 saturated carbocycles. The molecule has 0 saturated heterocycles. The predicted octanol–water partition coefficient (Wildman–Crippen LogP) is 1.88. The molecule has 1 aromatic carbocycles. The summed E-state index contributed by atoms with van der Waals surface area (Å²) in [6.07, 6.45) is 0. The molecule has 1 N–H and O–H groups in total. The van der Waals surface area contributed by atoms with Gasteiger partial charge < -0.3 is 10.1 Å². The van der Waals surface area contributed by atoms with Crippen molar-refractivity contribution in [1.29, 1.82) is 0 Å². The fourth-order valence-electron chi connectivity index (χ4n) is 1.67. The van der Waals surface area contributed by atoms with Gasteiger partial charge in [0.2, 0.25) is 0 Å². The summed E-state index contributed by atoms with van der Waals surface area (Å²) in [5.41, 5.74) is 1.13. The monoisotopic (exact) mass is 254 g/mol. The molecule has 1 aromatic rings.